The molecule has 1 aliphatic heterocycles. The highest BCUT2D eigenvalue weighted by atomic mass is 15.2. The molecule has 2 atom stereocenters. The van der Waals surface area contributed by atoms with Crippen molar-refractivity contribution in [2.75, 3.05) is 19.6 Å². The summed E-state index contributed by atoms with van der Waals surface area (Å²) in [7, 11) is 0. The van der Waals surface area contributed by atoms with Crippen LogP contribution >= 0.6 is 0 Å². The Morgan fingerprint density at radius 3 is 2.35 bits per heavy atom. The average Bonchev–Trinajstić information content (AvgIpc) is 3.40. The van der Waals surface area contributed by atoms with Crippen molar-refractivity contribution in [3.05, 3.63) is 0 Å². The zero-order chi connectivity index (χ0) is 13.4. The maximum atomic E-state index is 3.92. The van der Waals surface area contributed by atoms with Gasteiger partial charge in [-0.3, -0.25) is 4.90 Å². The minimum atomic E-state index is 0.828. The molecule has 0 aromatic heterocycles. The normalized spacial score (nSPS) is 37.2. The first-order valence-corrected chi connectivity index (χ1v) is 9.37. The molecule has 1 heterocycles. The standard InChI is InChI=1S/C18H32N2/c1-2-4-16(5-3-1)18-12-19-17(15-8-9-15)13-20(18)11-10-14-6-7-14/h14-19H,1-13H2. The molecule has 3 aliphatic carbocycles. The molecule has 4 aliphatic rings. The smallest absolute Gasteiger partial charge is 0.0249 e. The molecule has 0 aromatic carbocycles. The van der Waals surface area contributed by atoms with Gasteiger partial charge in [0.05, 0.1) is 0 Å². The van der Waals surface area contributed by atoms with Crippen LogP contribution in [0, 0.1) is 17.8 Å². The quantitative estimate of drug-likeness (QED) is 0.828. The molecule has 114 valence electrons. The van der Waals surface area contributed by atoms with E-state index in [-0.39, 0.29) is 0 Å². The lowest BCUT2D eigenvalue weighted by atomic mass is 9.82. The highest BCUT2D eigenvalue weighted by Gasteiger charge is 2.39. The van der Waals surface area contributed by atoms with E-state index in [9.17, 15) is 0 Å². The topological polar surface area (TPSA) is 15.3 Å². The van der Waals surface area contributed by atoms with Crippen LogP contribution in [0.4, 0.5) is 0 Å². The van der Waals surface area contributed by atoms with Gasteiger partial charge in [0.15, 0.2) is 0 Å². The maximum absolute atomic E-state index is 3.92. The van der Waals surface area contributed by atoms with E-state index in [4.69, 9.17) is 0 Å². The molecule has 2 nitrogen and oxygen atoms in total. The number of nitrogens with one attached hydrogen (secondary N) is 1. The van der Waals surface area contributed by atoms with Gasteiger partial charge in [0, 0.05) is 25.2 Å². The van der Waals surface area contributed by atoms with Gasteiger partial charge in [-0.1, -0.05) is 32.1 Å². The SMILES string of the molecule is C1CCC(C2CNC(C3CC3)CN2CCC2CC2)CC1. The summed E-state index contributed by atoms with van der Waals surface area (Å²) in [5.74, 6) is 3.11. The van der Waals surface area contributed by atoms with Gasteiger partial charge in [-0.2, -0.15) is 0 Å². The van der Waals surface area contributed by atoms with E-state index in [1.807, 2.05) is 0 Å². The van der Waals surface area contributed by atoms with Gasteiger partial charge < -0.3 is 5.32 Å². The highest BCUT2D eigenvalue weighted by molar-refractivity contribution is 4.97. The number of nitrogens with zero attached hydrogens (tertiary/aromatic N) is 1. The van der Waals surface area contributed by atoms with Gasteiger partial charge in [-0.15, -0.1) is 0 Å². The summed E-state index contributed by atoms with van der Waals surface area (Å²) < 4.78 is 0. The molecular weight excluding hydrogens is 244 g/mol. The van der Waals surface area contributed by atoms with Gasteiger partial charge in [0.1, 0.15) is 0 Å². The molecule has 2 unspecified atom stereocenters. The Balaban J connectivity index is 1.37. The lowest BCUT2D eigenvalue weighted by Gasteiger charge is -2.45. The lowest BCUT2D eigenvalue weighted by Crippen LogP contribution is -2.59. The third-order valence-corrected chi connectivity index (χ3v) is 6.40. The average molecular weight is 276 g/mol. The molecule has 4 fully saturated rings. The third-order valence-electron chi connectivity index (χ3n) is 6.40. The predicted molar refractivity (Wildman–Crippen MR) is 83.8 cm³/mol. The van der Waals surface area contributed by atoms with Crippen molar-refractivity contribution in [2.45, 2.75) is 76.3 Å². The van der Waals surface area contributed by atoms with Gasteiger partial charge in [-0.05, 0) is 56.4 Å². The fourth-order valence-corrected chi connectivity index (χ4v) is 4.66. The summed E-state index contributed by atoms with van der Waals surface area (Å²) in [6.45, 7) is 4.05. The first-order valence-electron chi connectivity index (χ1n) is 9.37. The molecule has 20 heavy (non-hydrogen) atoms. The zero-order valence-electron chi connectivity index (χ0n) is 13.0. The zero-order valence-corrected chi connectivity index (χ0v) is 13.0. The van der Waals surface area contributed by atoms with Crippen LogP contribution in [0.5, 0.6) is 0 Å². The summed E-state index contributed by atoms with van der Waals surface area (Å²) in [6.07, 6.45) is 15.0. The van der Waals surface area contributed by atoms with Crippen molar-refractivity contribution in [2.24, 2.45) is 17.8 Å². The first-order chi connectivity index (χ1) is 9.90. The fraction of sp³-hybridized carbons (Fsp3) is 1.00. The Morgan fingerprint density at radius 2 is 1.65 bits per heavy atom. The van der Waals surface area contributed by atoms with Crippen LogP contribution in [-0.2, 0) is 0 Å². The van der Waals surface area contributed by atoms with Crippen LogP contribution in [0.15, 0.2) is 0 Å². The van der Waals surface area contributed by atoms with Gasteiger partial charge in [0.25, 0.3) is 0 Å². The van der Waals surface area contributed by atoms with E-state index in [1.165, 1.54) is 83.8 Å². The predicted octanol–water partition coefficient (Wildman–Crippen LogP) is 3.42. The van der Waals surface area contributed by atoms with Gasteiger partial charge >= 0.3 is 0 Å². The molecule has 0 aromatic rings. The van der Waals surface area contributed by atoms with Gasteiger partial charge in [0.2, 0.25) is 0 Å². The van der Waals surface area contributed by atoms with Crippen molar-refractivity contribution in [3.8, 4) is 0 Å². The van der Waals surface area contributed by atoms with E-state index in [2.05, 4.69) is 10.2 Å². The number of hydrogen-bond acceptors (Lipinski definition) is 2. The van der Waals surface area contributed by atoms with E-state index in [0.29, 0.717) is 0 Å². The Morgan fingerprint density at radius 1 is 0.850 bits per heavy atom. The second kappa shape index (κ2) is 5.96. The Labute approximate surface area is 124 Å². The van der Waals surface area contributed by atoms with Crippen molar-refractivity contribution in [1.29, 1.82) is 0 Å². The summed E-state index contributed by atoms with van der Waals surface area (Å²) in [5, 5.41) is 3.92. The summed E-state index contributed by atoms with van der Waals surface area (Å²) in [6, 6.07) is 1.69. The molecule has 0 bridgehead atoms. The first kappa shape index (κ1) is 13.6. The van der Waals surface area contributed by atoms with Crippen LogP contribution in [0.3, 0.4) is 0 Å². The van der Waals surface area contributed by atoms with E-state index in [1.54, 1.807) is 0 Å². The summed E-state index contributed by atoms with van der Waals surface area (Å²) in [5.41, 5.74) is 0. The monoisotopic (exact) mass is 276 g/mol. The second-order valence-electron chi connectivity index (χ2n) is 8.04. The highest BCUT2D eigenvalue weighted by Crippen LogP contribution is 2.38. The molecule has 0 amide bonds. The maximum Gasteiger partial charge on any atom is 0.0249 e. The third kappa shape index (κ3) is 3.22. The van der Waals surface area contributed by atoms with Crippen molar-refractivity contribution in [3.63, 3.8) is 0 Å². The molecule has 4 rings (SSSR count). The molecule has 3 saturated carbocycles. The Bertz CT molecular complexity index is 315. The van der Waals surface area contributed by atoms with E-state index in [0.717, 1.165) is 29.8 Å². The van der Waals surface area contributed by atoms with E-state index < -0.39 is 0 Å². The fourth-order valence-electron chi connectivity index (χ4n) is 4.66. The molecule has 0 spiro atoms. The van der Waals surface area contributed by atoms with Crippen molar-refractivity contribution >= 4 is 0 Å². The van der Waals surface area contributed by atoms with Crippen LogP contribution in [0.25, 0.3) is 0 Å². The number of rotatable bonds is 5. The van der Waals surface area contributed by atoms with Crippen LogP contribution in [0.1, 0.15) is 64.2 Å². The molecule has 1 saturated heterocycles. The Kier molecular flexibility index (Phi) is 4.05. The van der Waals surface area contributed by atoms with Crippen LogP contribution in [0.2, 0.25) is 0 Å². The summed E-state index contributed by atoms with van der Waals surface area (Å²) >= 11 is 0. The van der Waals surface area contributed by atoms with Crippen molar-refractivity contribution in [1.82, 2.24) is 10.2 Å². The van der Waals surface area contributed by atoms with Crippen LogP contribution < -0.4 is 5.32 Å². The molecule has 1 N–H and O–H groups in total. The minimum absolute atomic E-state index is 0.828. The minimum Gasteiger partial charge on any atom is -0.311 e. The Hall–Kier alpha value is -0.0800. The van der Waals surface area contributed by atoms with Crippen molar-refractivity contribution < 1.29 is 0 Å². The summed E-state index contributed by atoms with van der Waals surface area (Å²) in [4.78, 5) is 2.92. The number of hydrogen-bond donors (Lipinski definition) is 1. The van der Waals surface area contributed by atoms with Crippen LogP contribution in [-0.4, -0.2) is 36.6 Å². The largest absolute Gasteiger partial charge is 0.311 e. The van der Waals surface area contributed by atoms with Gasteiger partial charge in [-0.25, -0.2) is 0 Å². The molecular formula is C18H32N2. The van der Waals surface area contributed by atoms with E-state index >= 15 is 0 Å². The number of piperazine rings is 1. The lowest BCUT2D eigenvalue weighted by molar-refractivity contribution is 0.0648. The molecule has 2 heteroatoms. The second-order valence-corrected chi connectivity index (χ2v) is 8.04. The molecule has 0 radical (unpaired) electrons.